The van der Waals surface area contributed by atoms with E-state index < -0.39 is 0 Å². The molecule has 0 aliphatic heterocycles. The minimum absolute atomic E-state index is 0.0647. The Hall–Kier alpha value is -7.64. The third-order valence-corrected chi connectivity index (χ3v) is 15.4. The van der Waals surface area contributed by atoms with Crippen molar-refractivity contribution in [3.05, 3.63) is 185 Å². The van der Waals surface area contributed by atoms with Crippen LogP contribution in [0.1, 0.15) is 158 Å². The van der Waals surface area contributed by atoms with Gasteiger partial charge in [-0.1, -0.05) is 210 Å². The van der Waals surface area contributed by atoms with Gasteiger partial charge in [-0.3, -0.25) is 0 Å². The van der Waals surface area contributed by atoms with Crippen LogP contribution in [0.3, 0.4) is 0 Å². The lowest BCUT2D eigenvalue weighted by Gasteiger charge is -2.26. The maximum Gasteiger partial charge on any atom is 0.166 e. The molecule has 0 aliphatic carbocycles. The van der Waals surface area contributed by atoms with Crippen molar-refractivity contribution in [3.8, 4) is 74.0 Å². The summed E-state index contributed by atoms with van der Waals surface area (Å²) in [6, 6.07) is 54.7. The molecule has 0 saturated heterocycles. The lowest BCUT2D eigenvalue weighted by atomic mass is 9.79. The third-order valence-electron chi connectivity index (χ3n) is 15.4. The average molecular weight is 1040 g/mol. The molecule has 0 N–H and O–H groups in total. The Labute approximate surface area is 470 Å². The summed E-state index contributed by atoms with van der Waals surface area (Å²) >= 11 is 0. The average Bonchev–Trinajstić information content (AvgIpc) is 4.02. The van der Waals surface area contributed by atoms with Gasteiger partial charge in [-0.05, 0) is 133 Å². The summed E-state index contributed by atoms with van der Waals surface area (Å²) in [5.41, 5.74) is 15.2. The van der Waals surface area contributed by atoms with Crippen LogP contribution in [0.2, 0.25) is 0 Å². The zero-order chi connectivity index (χ0) is 56.8. The van der Waals surface area contributed by atoms with Gasteiger partial charge in [0.2, 0.25) is 0 Å². The van der Waals surface area contributed by atoms with Gasteiger partial charge >= 0.3 is 0 Å². The molecule has 7 nitrogen and oxygen atoms in total. The Balaban J connectivity index is 1.35. The minimum Gasteiger partial charge on any atom is -0.309 e. The number of fused-ring (bicyclic) bond motifs is 3. The zero-order valence-electron chi connectivity index (χ0n) is 50.1. The van der Waals surface area contributed by atoms with Crippen molar-refractivity contribution in [1.82, 2.24) is 34.5 Å². The molecule has 0 aliphatic rings. The summed E-state index contributed by atoms with van der Waals surface area (Å²) in [5.74, 6) is 3.48. The van der Waals surface area contributed by atoms with Crippen LogP contribution >= 0.6 is 0 Å². The van der Waals surface area contributed by atoms with Gasteiger partial charge in [0.1, 0.15) is 0 Å². The van der Waals surface area contributed by atoms with E-state index in [0.717, 1.165) is 50.1 Å². The molecule has 0 unspecified atom stereocenters. The van der Waals surface area contributed by atoms with Crippen LogP contribution in [0.25, 0.3) is 95.8 Å². The largest absolute Gasteiger partial charge is 0.309 e. The highest BCUT2D eigenvalue weighted by Crippen LogP contribution is 2.43. The van der Waals surface area contributed by atoms with Crippen LogP contribution in [0.15, 0.2) is 152 Å². The lowest BCUT2D eigenvalue weighted by molar-refractivity contribution is 0.568. The van der Waals surface area contributed by atoms with Crippen LogP contribution in [-0.4, -0.2) is 34.5 Å². The number of nitrogens with zero attached hydrogens (tertiary/aromatic N) is 7. The van der Waals surface area contributed by atoms with Crippen LogP contribution < -0.4 is 0 Å². The van der Waals surface area contributed by atoms with E-state index in [1.165, 1.54) is 44.2 Å². The highest BCUT2D eigenvalue weighted by Gasteiger charge is 2.28. The third kappa shape index (κ3) is 11.2. The first-order chi connectivity index (χ1) is 36.9. The Morgan fingerprint density at radius 2 is 0.570 bits per heavy atom. The molecule has 0 saturated carbocycles. The maximum atomic E-state index is 5.69. The topological polar surface area (TPSA) is 82.3 Å². The fourth-order valence-electron chi connectivity index (χ4n) is 10.2. The number of aromatic nitrogens is 7. The van der Waals surface area contributed by atoms with Crippen molar-refractivity contribution in [1.29, 1.82) is 0 Å². The summed E-state index contributed by atoms with van der Waals surface area (Å²) in [6.45, 7) is 41.1. The molecule has 7 heteroatoms. The standard InChI is InChI=1S/C72H79N7/c1-67(2,3)49-30-33-58-55(42-49)56-43-50(68(4,5)6)31-34-59(56)79(58)60-32-29-46(63-74-61(44-25-21-19-22-26-44)73-62(75-63)45-27-23-20-24-28-45)39-57(60)66-77-64(47-35-51(69(7,8)9)40-52(36-47)70(10,11)12)76-65(78-66)48-37-53(71(13,14)15)41-54(38-48)72(16,17)18/h19-43H,1-18H3. The Bertz CT molecular complexity index is 3650. The molecule has 0 bridgehead atoms. The van der Waals surface area contributed by atoms with Gasteiger partial charge in [0.15, 0.2) is 34.9 Å². The number of hydrogen-bond acceptors (Lipinski definition) is 6. The molecule has 3 aromatic heterocycles. The highest BCUT2D eigenvalue weighted by molar-refractivity contribution is 6.10. The zero-order valence-corrected chi connectivity index (χ0v) is 50.1. The van der Waals surface area contributed by atoms with Gasteiger partial charge in [-0.25, -0.2) is 29.9 Å². The predicted octanol–water partition coefficient (Wildman–Crippen LogP) is 18.9. The first-order valence-corrected chi connectivity index (χ1v) is 28.1. The van der Waals surface area contributed by atoms with E-state index in [2.05, 4.69) is 220 Å². The van der Waals surface area contributed by atoms with E-state index in [1.807, 2.05) is 60.7 Å². The van der Waals surface area contributed by atoms with Gasteiger partial charge in [0.25, 0.3) is 0 Å². The molecule has 0 amide bonds. The van der Waals surface area contributed by atoms with Crippen molar-refractivity contribution in [3.63, 3.8) is 0 Å². The quantitative estimate of drug-likeness (QED) is 0.158. The normalized spacial score (nSPS) is 12.9. The molecule has 79 heavy (non-hydrogen) atoms. The molecule has 7 aromatic carbocycles. The van der Waals surface area contributed by atoms with Crippen LogP contribution in [0.5, 0.6) is 0 Å². The van der Waals surface area contributed by atoms with Crippen molar-refractivity contribution in [2.24, 2.45) is 0 Å². The van der Waals surface area contributed by atoms with E-state index in [-0.39, 0.29) is 32.5 Å². The molecule has 10 aromatic rings. The highest BCUT2D eigenvalue weighted by atomic mass is 15.1. The van der Waals surface area contributed by atoms with Gasteiger partial charge in [-0.2, -0.15) is 0 Å². The maximum absolute atomic E-state index is 5.69. The van der Waals surface area contributed by atoms with Crippen molar-refractivity contribution in [2.75, 3.05) is 0 Å². The van der Waals surface area contributed by atoms with Gasteiger partial charge < -0.3 is 4.57 Å². The van der Waals surface area contributed by atoms with Crippen molar-refractivity contribution < 1.29 is 0 Å². The van der Waals surface area contributed by atoms with Crippen LogP contribution in [-0.2, 0) is 32.5 Å². The molecule has 3 heterocycles. The van der Waals surface area contributed by atoms with Gasteiger partial charge in [0, 0.05) is 44.2 Å². The van der Waals surface area contributed by atoms with E-state index in [0.29, 0.717) is 34.9 Å². The summed E-state index contributed by atoms with van der Waals surface area (Å²) in [7, 11) is 0. The molecule has 0 radical (unpaired) electrons. The smallest absolute Gasteiger partial charge is 0.166 e. The molecule has 10 rings (SSSR count). The van der Waals surface area contributed by atoms with E-state index in [9.17, 15) is 0 Å². The van der Waals surface area contributed by atoms with Crippen molar-refractivity contribution in [2.45, 2.75) is 157 Å². The molecule has 0 spiro atoms. The van der Waals surface area contributed by atoms with Gasteiger partial charge in [0.05, 0.1) is 16.7 Å². The monoisotopic (exact) mass is 1040 g/mol. The van der Waals surface area contributed by atoms with E-state index >= 15 is 0 Å². The summed E-state index contributed by atoms with van der Waals surface area (Å²) < 4.78 is 2.42. The first kappa shape index (κ1) is 54.7. The van der Waals surface area contributed by atoms with E-state index in [4.69, 9.17) is 29.9 Å². The predicted molar refractivity (Wildman–Crippen MR) is 332 cm³/mol. The number of benzene rings is 7. The Morgan fingerprint density at radius 3 is 0.911 bits per heavy atom. The van der Waals surface area contributed by atoms with Crippen molar-refractivity contribution >= 4 is 21.8 Å². The van der Waals surface area contributed by atoms with E-state index in [1.54, 1.807) is 0 Å². The minimum atomic E-state index is -0.142. The summed E-state index contributed by atoms with van der Waals surface area (Å²) in [6.07, 6.45) is 0. The summed E-state index contributed by atoms with van der Waals surface area (Å²) in [5, 5.41) is 2.39. The first-order valence-electron chi connectivity index (χ1n) is 28.1. The second kappa shape index (κ2) is 19.6. The second-order valence-corrected chi connectivity index (χ2v) is 28.0. The van der Waals surface area contributed by atoms with Crippen LogP contribution in [0, 0.1) is 0 Å². The molecule has 402 valence electrons. The van der Waals surface area contributed by atoms with Gasteiger partial charge in [-0.15, -0.1) is 0 Å². The Kier molecular flexibility index (Phi) is 13.6. The number of hydrogen-bond donors (Lipinski definition) is 0. The number of rotatable bonds is 7. The summed E-state index contributed by atoms with van der Waals surface area (Å²) in [4.78, 5) is 32.6. The molecule has 0 atom stereocenters. The van der Waals surface area contributed by atoms with Crippen LogP contribution in [0.4, 0.5) is 0 Å². The lowest BCUT2D eigenvalue weighted by Crippen LogP contribution is -2.17. The SMILES string of the molecule is CC(C)(C)c1cc(-c2nc(-c3cc(C(C)(C)C)cc(C(C)(C)C)c3)nc(-c3cc(-c4nc(-c5ccccc5)nc(-c5ccccc5)n4)ccc3-n3c4ccc(C(C)(C)C)cc4c4cc(C(C)(C)C)ccc43)n2)cc(C(C)(C)C)c1. The molecular weight excluding hydrogens is 963 g/mol. The molecule has 0 fully saturated rings. The molecular formula is C72H79N7. The Morgan fingerprint density at radius 1 is 0.253 bits per heavy atom. The fraction of sp³-hybridized carbons (Fsp3) is 0.333. The fourth-order valence-corrected chi connectivity index (χ4v) is 10.2. The second-order valence-electron chi connectivity index (χ2n) is 28.0.